The maximum absolute atomic E-state index is 12.8. The van der Waals surface area contributed by atoms with E-state index >= 15 is 0 Å². The summed E-state index contributed by atoms with van der Waals surface area (Å²) in [5.74, 6) is 0.130. The smallest absolute Gasteiger partial charge is 0.272 e. The Morgan fingerprint density at radius 1 is 1.03 bits per heavy atom. The molecule has 1 aliphatic heterocycles. The summed E-state index contributed by atoms with van der Waals surface area (Å²) in [5, 5.41) is 13.5. The summed E-state index contributed by atoms with van der Waals surface area (Å²) >= 11 is 6.56. The van der Waals surface area contributed by atoms with Crippen molar-refractivity contribution in [3.63, 3.8) is 0 Å². The number of rotatable bonds is 1. The Kier molecular flexibility index (Phi) is 3.80. The quantitative estimate of drug-likeness (QED) is 0.487. The molecule has 0 unspecified atom stereocenters. The van der Waals surface area contributed by atoms with Gasteiger partial charge in [0.2, 0.25) is 0 Å². The lowest BCUT2D eigenvalue weighted by Gasteiger charge is -2.41. The van der Waals surface area contributed by atoms with Crippen molar-refractivity contribution in [2.45, 2.75) is 37.3 Å². The van der Waals surface area contributed by atoms with Crippen molar-refractivity contribution >= 4 is 39.2 Å². The Bertz CT molecular complexity index is 1390. The van der Waals surface area contributed by atoms with E-state index in [1.54, 1.807) is 0 Å². The van der Waals surface area contributed by atoms with Crippen molar-refractivity contribution < 1.29 is 4.79 Å². The molecule has 0 radical (unpaired) electrons. The Morgan fingerprint density at radius 2 is 1.87 bits per heavy atom. The van der Waals surface area contributed by atoms with Crippen LogP contribution in [0.3, 0.4) is 0 Å². The Labute approximate surface area is 176 Å². The van der Waals surface area contributed by atoms with Gasteiger partial charge in [-0.3, -0.25) is 9.59 Å². The lowest BCUT2D eigenvalue weighted by atomic mass is 9.78. The molecule has 1 aliphatic carbocycles. The summed E-state index contributed by atoms with van der Waals surface area (Å²) < 4.78 is 2.13. The molecule has 6 rings (SSSR count). The summed E-state index contributed by atoms with van der Waals surface area (Å²) in [6.07, 6.45) is 2.56. The van der Waals surface area contributed by atoms with E-state index in [2.05, 4.69) is 20.1 Å². The third-order valence-electron chi connectivity index (χ3n) is 6.62. The molecule has 1 amide bonds. The molecule has 4 aromatic rings. The second kappa shape index (κ2) is 6.44. The van der Waals surface area contributed by atoms with Crippen LogP contribution in [0, 0.1) is 0 Å². The van der Waals surface area contributed by atoms with Crippen LogP contribution in [0.4, 0.5) is 0 Å². The topological polar surface area (TPSA) is 79.8 Å². The van der Waals surface area contributed by atoms with E-state index in [4.69, 9.17) is 11.6 Å². The number of benzene rings is 2. The van der Waals surface area contributed by atoms with Crippen LogP contribution in [0.25, 0.3) is 21.7 Å². The van der Waals surface area contributed by atoms with Gasteiger partial charge in [-0.05, 0) is 37.5 Å². The van der Waals surface area contributed by atoms with E-state index in [-0.39, 0.29) is 29.5 Å². The monoisotopic (exact) mass is 418 g/mol. The highest BCUT2D eigenvalue weighted by atomic mass is 35.5. The molecule has 1 fully saturated rings. The highest BCUT2D eigenvalue weighted by Crippen LogP contribution is 2.44. The maximum atomic E-state index is 12.8. The van der Waals surface area contributed by atoms with Crippen molar-refractivity contribution in [2.24, 2.45) is 0 Å². The fourth-order valence-electron chi connectivity index (χ4n) is 5.30. The van der Waals surface area contributed by atoms with E-state index in [1.807, 2.05) is 48.5 Å². The van der Waals surface area contributed by atoms with Crippen molar-refractivity contribution in [2.75, 3.05) is 0 Å². The molecule has 0 bridgehead atoms. The second-order valence-corrected chi connectivity index (χ2v) is 8.63. The summed E-state index contributed by atoms with van der Waals surface area (Å²) in [4.78, 5) is 25.0. The molecule has 150 valence electrons. The predicted molar refractivity (Wildman–Crippen MR) is 116 cm³/mol. The minimum Gasteiger partial charge on any atom is -0.346 e. The molecule has 7 heteroatoms. The van der Waals surface area contributed by atoms with E-state index in [1.165, 1.54) is 0 Å². The number of hydrogen-bond acceptors (Lipinski definition) is 3. The summed E-state index contributed by atoms with van der Waals surface area (Å²) in [6.45, 7) is 0. The van der Waals surface area contributed by atoms with Gasteiger partial charge in [0.1, 0.15) is 5.69 Å². The zero-order valence-corrected chi connectivity index (χ0v) is 16.8. The molecule has 0 spiro atoms. The van der Waals surface area contributed by atoms with Crippen LogP contribution < -0.4 is 10.9 Å². The highest BCUT2D eigenvalue weighted by Gasteiger charge is 2.40. The van der Waals surface area contributed by atoms with Crippen LogP contribution in [0.1, 0.15) is 47.4 Å². The molecular weight excluding hydrogens is 400 g/mol. The normalized spacial score (nSPS) is 23.2. The summed E-state index contributed by atoms with van der Waals surface area (Å²) in [5.41, 5.74) is 2.32. The standard InChI is InChI=1S/C23H19ClN4O2/c24-16-7-3-4-13-11-19-23(30)25-17-9-8-12(10-18(17)28(19)21(13)16)20-14-5-1-2-6-15(14)22(29)27-26-20/h1-7,11-12,17-18H,8-10H2,(H,25,30)(H,27,29)/t12-,17-,18-/m0/s1. The van der Waals surface area contributed by atoms with Crippen LogP contribution in [-0.2, 0) is 0 Å². The van der Waals surface area contributed by atoms with Gasteiger partial charge in [0.15, 0.2) is 0 Å². The number of carbonyl (C=O) groups excluding carboxylic acids is 1. The van der Waals surface area contributed by atoms with E-state index in [9.17, 15) is 9.59 Å². The van der Waals surface area contributed by atoms with E-state index in [0.29, 0.717) is 16.1 Å². The molecule has 6 nitrogen and oxygen atoms in total. The van der Waals surface area contributed by atoms with Crippen molar-refractivity contribution in [1.82, 2.24) is 20.1 Å². The van der Waals surface area contributed by atoms with Crippen molar-refractivity contribution in [3.8, 4) is 0 Å². The average molecular weight is 419 g/mol. The lowest BCUT2D eigenvalue weighted by molar-refractivity contribution is 0.0847. The predicted octanol–water partition coefficient (Wildman–Crippen LogP) is 4.15. The van der Waals surface area contributed by atoms with E-state index in [0.717, 1.165) is 41.2 Å². The van der Waals surface area contributed by atoms with Gasteiger partial charge in [-0.2, -0.15) is 5.10 Å². The molecule has 0 saturated heterocycles. The Morgan fingerprint density at radius 3 is 2.73 bits per heavy atom. The van der Waals surface area contributed by atoms with Gasteiger partial charge in [0, 0.05) is 22.7 Å². The van der Waals surface area contributed by atoms with Gasteiger partial charge in [0.25, 0.3) is 11.5 Å². The highest BCUT2D eigenvalue weighted by molar-refractivity contribution is 6.35. The number of aromatic amines is 1. The van der Waals surface area contributed by atoms with Gasteiger partial charge < -0.3 is 9.88 Å². The second-order valence-electron chi connectivity index (χ2n) is 8.22. The zero-order valence-electron chi connectivity index (χ0n) is 16.1. The lowest BCUT2D eigenvalue weighted by Crippen LogP contribution is -2.49. The number of carbonyl (C=O) groups is 1. The molecule has 1 saturated carbocycles. The first-order valence-electron chi connectivity index (χ1n) is 10.2. The van der Waals surface area contributed by atoms with Gasteiger partial charge in [0.05, 0.1) is 27.7 Å². The third-order valence-corrected chi connectivity index (χ3v) is 6.93. The van der Waals surface area contributed by atoms with Crippen LogP contribution in [0.2, 0.25) is 5.02 Å². The first kappa shape index (κ1) is 17.7. The molecule has 2 aliphatic rings. The molecular formula is C23H19ClN4O2. The first-order chi connectivity index (χ1) is 14.6. The number of amides is 1. The fraction of sp³-hybridized carbons (Fsp3) is 0.261. The maximum Gasteiger partial charge on any atom is 0.272 e. The Balaban J connectivity index is 1.49. The number of H-pyrrole nitrogens is 1. The fourth-order valence-corrected chi connectivity index (χ4v) is 5.57. The Hall–Kier alpha value is -3.12. The van der Waals surface area contributed by atoms with Gasteiger partial charge in [-0.1, -0.05) is 41.9 Å². The molecule has 2 aromatic heterocycles. The number of hydrogen-bond donors (Lipinski definition) is 2. The molecule has 3 heterocycles. The van der Waals surface area contributed by atoms with Crippen LogP contribution >= 0.6 is 11.6 Å². The average Bonchev–Trinajstić information content (AvgIpc) is 3.16. The van der Waals surface area contributed by atoms with Crippen LogP contribution in [-0.4, -0.2) is 26.7 Å². The zero-order chi connectivity index (χ0) is 20.4. The van der Waals surface area contributed by atoms with Crippen molar-refractivity contribution in [3.05, 3.63) is 75.3 Å². The van der Waals surface area contributed by atoms with E-state index < -0.39 is 0 Å². The SMILES string of the molecule is O=C1N[C@H]2CC[C@H](c3n[nH]c(=O)c4ccccc34)C[C@@H]2n2c1cc1cccc(Cl)c12. The molecule has 2 aromatic carbocycles. The van der Waals surface area contributed by atoms with Crippen LogP contribution in [0.5, 0.6) is 0 Å². The number of nitrogens with one attached hydrogen (secondary N) is 2. The van der Waals surface area contributed by atoms with Crippen LogP contribution in [0.15, 0.2) is 53.3 Å². The van der Waals surface area contributed by atoms with Crippen molar-refractivity contribution in [1.29, 1.82) is 0 Å². The number of para-hydroxylation sites is 1. The molecule has 2 N–H and O–H groups in total. The first-order valence-corrected chi connectivity index (χ1v) is 10.6. The summed E-state index contributed by atoms with van der Waals surface area (Å²) in [7, 11) is 0. The van der Waals surface area contributed by atoms with Gasteiger partial charge in [-0.15, -0.1) is 0 Å². The van der Waals surface area contributed by atoms with Gasteiger partial charge in [-0.25, -0.2) is 5.10 Å². The molecule has 30 heavy (non-hydrogen) atoms. The number of nitrogens with zero attached hydrogens (tertiary/aromatic N) is 2. The third kappa shape index (κ3) is 2.46. The number of aromatic nitrogens is 3. The summed E-state index contributed by atoms with van der Waals surface area (Å²) in [6, 6.07) is 15.4. The largest absolute Gasteiger partial charge is 0.346 e. The number of halogens is 1. The van der Waals surface area contributed by atoms with Gasteiger partial charge >= 0.3 is 0 Å². The molecule has 3 atom stereocenters. The minimum atomic E-state index is -0.168. The minimum absolute atomic E-state index is 0.0467. The number of fused-ring (bicyclic) bond motifs is 6.